The maximum absolute atomic E-state index is 12.1. The summed E-state index contributed by atoms with van der Waals surface area (Å²) in [5.41, 5.74) is 0. The Labute approximate surface area is 198 Å². The highest BCUT2D eigenvalue weighted by Crippen LogP contribution is 2.10. The summed E-state index contributed by atoms with van der Waals surface area (Å²) in [6.45, 7) is 4.17. The van der Waals surface area contributed by atoms with E-state index in [0.29, 0.717) is 6.42 Å². The van der Waals surface area contributed by atoms with E-state index < -0.39 is 12.1 Å². The van der Waals surface area contributed by atoms with Gasteiger partial charge in [0.1, 0.15) is 0 Å². The van der Waals surface area contributed by atoms with Crippen LogP contribution in [0.15, 0.2) is 36.5 Å². The molecule has 0 heterocycles. The fraction of sp³-hybridized carbons (Fsp3) is 0.750. The zero-order valence-electron chi connectivity index (χ0n) is 20.9. The normalized spacial score (nSPS) is 14.0. The van der Waals surface area contributed by atoms with Crippen molar-refractivity contribution in [3.63, 3.8) is 0 Å². The second kappa shape index (κ2) is 24.3. The Bertz CT molecular complexity index is 499. The number of rotatable bonds is 22. The smallest absolute Gasteiger partial charge is 0.220 e. The molecule has 2 atom stereocenters. The van der Waals surface area contributed by atoms with Gasteiger partial charge in [0.15, 0.2) is 0 Å². The highest BCUT2D eigenvalue weighted by molar-refractivity contribution is 5.76. The first-order valence-corrected chi connectivity index (χ1v) is 13.2. The molecule has 0 aliphatic rings. The van der Waals surface area contributed by atoms with Crippen LogP contribution in [-0.4, -0.2) is 34.9 Å². The van der Waals surface area contributed by atoms with Crippen LogP contribution in [0.2, 0.25) is 0 Å². The first kappa shape index (κ1) is 30.6. The Morgan fingerprint density at radius 3 is 1.78 bits per heavy atom. The van der Waals surface area contributed by atoms with Gasteiger partial charge in [-0.15, -0.1) is 0 Å². The molecule has 0 saturated carbocycles. The molecule has 4 nitrogen and oxygen atoms in total. The maximum Gasteiger partial charge on any atom is 0.220 e. The van der Waals surface area contributed by atoms with Gasteiger partial charge in [0.05, 0.1) is 18.8 Å². The lowest BCUT2D eigenvalue weighted by molar-refractivity contribution is -0.123. The molecule has 0 saturated heterocycles. The molecule has 0 aliphatic heterocycles. The van der Waals surface area contributed by atoms with Gasteiger partial charge in [0.25, 0.3) is 0 Å². The maximum atomic E-state index is 12.1. The number of hydrogen-bond donors (Lipinski definition) is 3. The van der Waals surface area contributed by atoms with Gasteiger partial charge in [0.2, 0.25) is 5.91 Å². The summed E-state index contributed by atoms with van der Waals surface area (Å²) in [6, 6.07) is -0.636. The predicted octanol–water partition coefficient (Wildman–Crippen LogP) is 6.77. The minimum Gasteiger partial charge on any atom is -0.394 e. The minimum absolute atomic E-state index is 0.0887. The van der Waals surface area contributed by atoms with E-state index in [4.69, 9.17) is 0 Å². The van der Waals surface area contributed by atoms with Gasteiger partial charge < -0.3 is 15.5 Å². The summed E-state index contributed by atoms with van der Waals surface area (Å²) in [4.78, 5) is 12.1. The molecular weight excluding hydrogens is 398 g/mol. The average Bonchev–Trinajstić information content (AvgIpc) is 2.79. The summed E-state index contributed by atoms with van der Waals surface area (Å²) in [5.74, 6) is -0.0887. The molecule has 32 heavy (non-hydrogen) atoms. The van der Waals surface area contributed by atoms with Crippen LogP contribution in [0, 0.1) is 0 Å². The van der Waals surface area contributed by atoms with Crippen LogP contribution in [0.4, 0.5) is 0 Å². The summed E-state index contributed by atoms with van der Waals surface area (Å²) in [5, 5.41) is 22.5. The Balaban J connectivity index is 3.86. The van der Waals surface area contributed by atoms with Gasteiger partial charge in [-0.05, 0) is 38.5 Å². The van der Waals surface area contributed by atoms with Gasteiger partial charge in [0, 0.05) is 6.42 Å². The molecule has 0 rings (SSSR count). The lowest BCUT2D eigenvalue weighted by Gasteiger charge is -2.19. The third kappa shape index (κ3) is 20.5. The summed E-state index contributed by atoms with van der Waals surface area (Å²) in [7, 11) is 0. The Kier molecular flexibility index (Phi) is 23.2. The van der Waals surface area contributed by atoms with Crippen molar-refractivity contribution < 1.29 is 15.0 Å². The average molecular weight is 450 g/mol. The van der Waals surface area contributed by atoms with Crippen molar-refractivity contribution in [3.05, 3.63) is 36.5 Å². The van der Waals surface area contributed by atoms with E-state index in [-0.39, 0.29) is 12.5 Å². The number of amides is 1. The highest BCUT2D eigenvalue weighted by Gasteiger charge is 2.17. The van der Waals surface area contributed by atoms with E-state index >= 15 is 0 Å². The van der Waals surface area contributed by atoms with Gasteiger partial charge in [-0.25, -0.2) is 0 Å². The number of carbonyl (C=O) groups is 1. The van der Waals surface area contributed by atoms with E-state index in [1.807, 2.05) is 6.08 Å². The minimum atomic E-state index is -0.861. The lowest BCUT2D eigenvalue weighted by Crippen LogP contribution is -2.45. The van der Waals surface area contributed by atoms with Crippen molar-refractivity contribution >= 4 is 5.91 Å². The first-order chi connectivity index (χ1) is 15.7. The van der Waals surface area contributed by atoms with Gasteiger partial charge >= 0.3 is 0 Å². The quantitative estimate of drug-likeness (QED) is 0.126. The van der Waals surface area contributed by atoms with Crippen LogP contribution < -0.4 is 5.32 Å². The van der Waals surface area contributed by atoms with Gasteiger partial charge in [-0.1, -0.05) is 108 Å². The van der Waals surface area contributed by atoms with Crippen molar-refractivity contribution in [2.45, 2.75) is 129 Å². The number of nitrogens with one attached hydrogen (secondary N) is 1. The molecule has 0 spiro atoms. The van der Waals surface area contributed by atoms with Crippen molar-refractivity contribution in [2.75, 3.05) is 6.61 Å². The lowest BCUT2D eigenvalue weighted by atomic mass is 10.1. The first-order valence-electron chi connectivity index (χ1n) is 13.2. The second-order valence-electron chi connectivity index (χ2n) is 8.74. The number of aliphatic hydroxyl groups is 2. The third-order valence-corrected chi connectivity index (χ3v) is 5.60. The van der Waals surface area contributed by atoms with E-state index in [1.54, 1.807) is 6.08 Å². The van der Waals surface area contributed by atoms with Crippen LogP contribution >= 0.6 is 0 Å². The van der Waals surface area contributed by atoms with Crippen molar-refractivity contribution in [2.24, 2.45) is 0 Å². The van der Waals surface area contributed by atoms with Crippen LogP contribution in [0.3, 0.4) is 0 Å². The fourth-order valence-electron chi connectivity index (χ4n) is 3.49. The molecule has 0 aromatic heterocycles. The van der Waals surface area contributed by atoms with Crippen molar-refractivity contribution in [1.29, 1.82) is 0 Å². The number of unbranched alkanes of at least 4 members (excludes halogenated alkanes) is 11. The van der Waals surface area contributed by atoms with Crippen LogP contribution in [-0.2, 0) is 4.79 Å². The molecule has 4 heteroatoms. The third-order valence-electron chi connectivity index (χ3n) is 5.60. The van der Waals surface area contributed by atoms with Crippen molar-refractivity contribution in [3.8, 4) is 0 Å². The number of hydrogen-bond acceptors (Lipinski definition) is 3. The van der Waals surface area contributed by atoms with Gasteiger partial charge in [-0.3, -0.25) is 4.79 Å². The van der Waals surface area contributed by atoms with E-state index in [0.717, 1.165) is 38.5 Å². The number of aliphatic hydroxyl groups excluding tert-OH is 2. The molecule has 0 aromatic rings. The van der Waals surface area contributed by atoms with E-state index in [1.165, 1.54) is 57.8 Å². The van der Waals surface area contributed by atoms with Crippen LogP contribution in [0.25, 0.3) is 0 Å². The Hall–Kier alpha value is -1.39. The molecule has 2 unspecified atom stereocenters. The molecule has 1 amide bonds. The molecular formula is C28H51NO3. The van der Waals surface area contributed by atoms with E-state index in [9.17, 15) is 15.0 Å². The molecule has 0 fully saturated rings. The summed E-state index contributed by atoms with van der Waals surface area (Å²) < 4.78 is 0. The largest absolute Gasteiger partial charge is 0.394 e. The summed E-state index contributed by atoms with van der Waals surface area (Å²) >= 11 is 0. The molecule has 0 bridgehead atoms. The summed E-state index contributed by atoms with van der Waals surface area (Å²) in [6.07, 6.45) is 29.3. The van der Waals surface area contributed by atoms with Gasteiger partial charge in [-0.2, -0.15) is 0 Å². The van der Waals surface area contributed by atoms with Crippen LogP contribution in [0.5, 0.6) is 0 Å². The molecule has 186 valence electrons. The molecule has 0 aliphatic carbocycles. The monoisotopic (exact) mass is 449 g/mol. The Morgan fingerprint density at radius 2 is 1.22 bits per heavy atom. The topological polar surface area (TPSA) is 69.6 Å². The standard InChI is InChI=1S/C28H51NO3/c1-3-5-7-9-11-13-14-15-16-17-19-21-23-27(31)26(25-30)29-28(32)24-22-20-18-12-10-8-6-4-2/h9,11,15-16,21,23,26-27,30-31H,3-8,10,12-14,17-20,22,24-25H2,1-2H3,(H,29,32)/b11-9+,16-15+,23-21+. The fourth-order valence-corrected chi connectivity index (χ4v) is 3.49. The van der Waals surface area contributed by atoms with Crippen LogP contribution in [0.1, 0.15) is 117 Å². The molecule has 0 aromatic carbocycles. The predicted molar refractivity (Wildman–Crippen MR) is 138 cm³/mol. The number of allylic oxidation sites excluding steroid dienone is 5. The van der Waals surface area contributed by atoms with Crippen molar-refractivity contribution in [1.82, 2.24) is 5.32 Å². The zero-order valence-corrected chi connectivity index (χ0v) is 20.9. The zero-order chi connectivity index (χ0) is 23.7. The Morgan fingerprint density at radius 1 is 0.719 bits per heavy atom. The number of carbonyl (C=O) groups excluding carboxylic acids is 1. The highest BCUT2D eigenvalue weighted by atomic mass is 16.3. The second-order valence-corrected chi connectivity index (χ2v) is 8.74. The molecule has 0 radical (unpaired) electrons. The molecule has 3 N–H and O–H groups in total. The SMILES string of the molecule is CCCC/C=C/CC/C=C/CC/C=C/C(O)C(CO)NC(=O)CCCCCCCCCC. The van der Waals surface area contributed by atoms with E-state index in [2.05, 4.69) is 43.5 Å².